The Morgan fingerprint density at radius 3 is 2.37 bits per heavy atom. The number of imide groups is 1. The summed E-state index contributed by atoms with van der Waals surface area (Å²) in [5, 5.41) is 9.15. The van der Waals surface area contributed by atoms with Crippen molar-refractivity contribution in [3.8, 4) is 6.07 Å². The zero-order valence-corrected chi connectivity index (χ0v) is 20.9. The van der Waals surface area contributed by atoms with Gasteiger partial charge in [-0.25, -0.2) is 19.3 Å². The second kappa shape index (κ2) is 12.0. The summed E-state index contributed by atoms with van der Waals surface area (Å²) in [4.78, 5) is 41.5. The molecule has 3 amide bonds. The molecule has 0 spiro atoms. The Balaban J connectivity index is 2.27. The molecule has 0 bridgehead atoms. The van der Waals surface area contributed by atoms with Crippen molar-refractivity contribution in [2.45, 2.75) is 26.1 Å². The summed E-state index contributed by atoms with van der Waals surface area (Å²) in [6.07, 6.45) is -5.94. The van der Waals surface area contributed by atoms with Crippen LogP contribution in [0.15, 0.2) is 59.8 Å². The number of alkyl halides is 3. The van der Waals surface area contributed by atoms with Crippen LogP contribution in [0.25, 0.3) is 0 Å². The number of carbonyl (C=O) groups excluding carboxylic acids is 3. The van der Waals surface area contributed by atoms with Crippen LogP contribution in [0.5, 0.6) is 0 Å². The molecule has 2 aromatic carbocycles. The van der Waals surface area contributed by atoms with Crippen LogP contribution in [0.2, 0.25) is 0 Å². The standard InChI is InChI=1S/C25H21ClF3N3O6/c1-3-36-22(33)20-15(2)31(19-6-4-5-18(13-19)25(27,28)29)23(34)32(24(35)37-11-12-38-26)21(20)17-9-7-16(14-30)8-10-17/h4-10,13,21H,3,11-12H2,1-2H3. The monoisotopic (exact) mass is 551 g/mol. The molecule has 1 aliphatic rings. The van der Waals surface area contributed by atoms with Gasteiger partial charge in [-0.1, -0.05) is 18.2 Å². The van der Waals surface area contributed by atoms with Crippen molar-refractivity contribution in [3.63, 3.8) is 0 Å². The van der Waals surface area contributed by atoms with Crippen LogP contribution < -0.4 is 4.90 Å². The molecule has 1 unspecified atom stereocenters. The minimum absolute atomic E-state index is 0.0599. The summed E-state index contributed by atoms with van der Waals surface area (Å²) in [5.74, 6) is -0.911. The summed E-state index contributed by atoms with van der Waals surface area (Å²) >= 11 is 5.16. The number of allylic oxidation sites excluding steroid dienone is 1. The number of rotatable bonds is 7. The quantitative estimate of drug-likeness (QED) is 0.320. The lowest BCUT2D eigenvalue weighted by Gasteiger charge is -2.41. The van der Waals surface area contributed by atoms with E-state index in [0.29, 0.717) is 4.90 Å². The summed E-state index contributed by atoms with van der Waals surface area (Å²) < 4.78 is 54.9. The van der Waals surface area contributed by atoms with Crippen LogP contribution in [-0.2, 0) is 24.7 Å². The molecule has 200 valence electrons. The Labute approximate surface area is 220 Å². The number of halogens is 4. The number of anilines is 1. The van der Waals surface area contributed by atoms with Gasteiger partial charge < -0.3 is 9.47 Å². The summed E-state index contributed by atoms with van der Waals surface area (Å²) in [6.45, 7) is 2.23. The normalized spacial score (nSPS) is 15.8. The third-order valence-electron chi connectivity index (χ3n) is 5.52. The van der Waals surface area contributed by atoms with E-state index in [4.69, 9.17) is 26.6 Å². The molecular weight excluding hydrogens is 531 g/mol. The highest BCUT2D eigenvalue weighted by atomic mass is 35.5. The van der Waals surface area contributed by atoms with E-state index >= 15 is 0 Å². The summed E-state index contributed by atoms with van der Waals surface area (Å²) in [5.41, 5.74) is -1.03. The average Bonchev–Trinajstić information content (AvgIpc) is 2.88. The van der Waals surface area contributed by atoms with Crippen molar-refractivity contribution in [2.75, 3.05) is 24.7 Å². The first-order chi connectivity index (χ1) is 18.0. The largest absolute Gasteiger partial charge is 0.463 e. The number of amides is 3. The number of nitriles is 1. The van der Waals surface area contributed by atoms with Gasteiger partial charge in [0.05, 0.1) is 46.9 Å². The Hall–Kier alpha value is -4.08. The number of nitrogens with zero attached hydrogens (tertiary/aromatic N) is 3. The number of carbonyl (C=O) groups is 3. The van der Waals surface area contributed by atoms with Crippen LogP contribution in [0.3, 0.4) is 0 Å². The molecule has 0 saturated carbocycles. The Morgan fingerprint density at radius 1 is 1.11 bits per heavy atom. The molecular formula is C25H21ClF3N3O6. The topological polar surface area (TPSA) is 109 Å². The lowest BCUT2D eigenvalue weighted by molar-refractivity contribution is -0.139. The predicted octanol–water partition coefficient (Wildman–Crippen LogP) is 5.70. The molecule has 1 aliphatic heterocycles. The number of urea groups is 1. The fourth-order valence-corrected chi connectivity index (χ4v) is 3.93. The maximum absolute atomic E-state index is 13.8. The fourth-order valence-electron chi connectivity index (χ4n) is 3.87. The van der Waals surface area contributed by atoms with E-state index in [9.17, 15) is 27.6 Å². The molecule has 0 fully saturated rings. The maximum Gasteiger partial charge on any atom is 0.418 e. The summed E-state index contributed by atoms with van der Waals surface area (Å²) in [7, 11) is 0. The Bertz CT molecular complexity index is 1290. The van der Waals surface area contributed by atoms with Gasteiger partial charge in [-0.15, -0.1) is 0 Å². The minimum atomic E-state index is -4.72. The van der Waals surface area contributed by atoms with E-state index in [2.05, 4.69) is 4.29 Å². The first-order valence-corrected chi connectivity index (χ1v) is 11.4. The van der Waals surface area contributed by atoms with Gasteiger partial charge in [0.1, 0.15) is 19.3 Å². The molecule has 2 aromatic rings. The fraction of sp³-hybridized carbons (Fsp3) is 0.280. The van der Waals surface area contributed by atoms with Crippen LogP contribution in [0, 0.1) is 11.3 Å². The Kier molecular flexibility index (Phi) is 8.98. The lowest BCUT2D eigenvalue weighted by Crippen LogP contribution is -2.53. The highest BCUT2D eigenvalue weighted by Crippen LogP contribution is 2.41. The van der Waals surface area contributed by atoms with Crippen molar-refractivity contribution in [1.82, 2.24) is 4.90 Å². The highest BCUT2D eigenvalue weighted by Gasteiger charge is 2.47. The molecule has 3 rings (SSSR count). The van der Waals surface area contributed by atoms with E-state index in [1.54, 1.807) is 6.92 Å². The van der Waals surface area contributed by atoms with Crippen LogP contribution in [0.4, 0.5) is 28.4 Å². The Morgan fingerprint density at radius 2 is 1.79 bits per heavy atom. The van der Waals surface area contributed by atoms with E-state index in [0.717, 1.165) is 23.1 Å². The molecule has 0 radical (unpaired) electrons. The first-order valence-electron chi connectivity index (χ1n) is 11.1. The molecule has 0 aromatic heterocycles. The number of esters is 1. The molecule has 1 atom stereocenters. The molecule has 9 nitrogen and oxygen atoms in total. The second-order valence-corrected chi connectivity index (χ2v) is 8.04. The van der Waals surface area contributed by atoms with Gasteiger partial charge in [0.2, 0.25) is 0 Å². The van der Waals surface area contributed by atoms with Gasteiger partial charge in [-0.2, -0.15) is 18.4 Å². The van der Waals surface area contributed by atoms with Gasteiger partial charge in [0, 0.05) is 5.70 Å². The molecule has 0 aliphatic carbocycles. The number of hydrogen-bond acceptors (Lipinski definition) is 7. The van der Waals surface area contributed by atoms with Crippen LogP contribution in [0.1, 0.15) is 36.6 Å². The number of hydrogen-bond donors (Lipinski definition) is 0. The molecule has 0 N–H and O–H groups in total. The van der Waals surface area contributed by atoms with Gasteiger partial charge >= 0.3 is 24.3 Å². The minimum Gasteiger partial charge on any atom is -0.463 e. The summed E-state index contributed by atoms with van der Waals surface area (Å²) in [6, 6.07) is 9.04. The van der Waals surface area contributed by atoms with Gasteiger partial charge in [-0.3, -0.25) is 9.19 Å². The van der Waals surface area contributed by atoms with Crippen molar-refractivity contribution >= 4 is 35.6 Å². The smallest absolute Gasteiger partial charge is 0.418 e. The first kappa shape index (κ1) is 28.5. The highest BCUT2D eigenvalue weighted by molar-refractivity contribution is 6.09. The van der Waals surface area contributed by atoms with Crippen LogP contribution >= 0.6 is 11.9 Å². The van der Waals surface area contributed by atoms with Crippen molar-refractivity contribution in [2.24, 2.45) is 0 Å². The SMILES string of the molecule is CCOC(=O)C1=C(C)N(c2cccc(C(F)(F)F)c2)C(=O)N(C(=O)OCCOCl)C1c1ccc(C#N)cc1. The zero-order valence-electron chi connectivity index (χ0n) is 20.1. The van der Waals surface area contributed by atoms with Crippen molar-refractivity contribution in [1.29, 1.82) is 5.26 Å². The van der Waals surface area contributed by atoms with Crippen molar-refractivity contribution < 1.29 is 41.3 Å². The van der Waals surface area contributed by atoms with Gasteiger partial charge in [0.15, 0.2) is 0 Å². The zero-order chi connectivity index (χ0) is 28.0. The maximum atomic E-state index is 13.8. The third kappa shape index (κ3) is 5.90. The van der Waals surface area contributed by atoms with E-state index in [1.807, 2.05) is 6.07 Å². The van der Waals surface area contributed by atoms with E-state index in [1.165, 1.54) is 37.3 Å². The molecule has 13 heteroatoms. The molecule has 0 saturated heterocycles. The lowest BCUT2D eigenvalue weighted by atomic mass is 9.92. The average molecular weight is 552 g/mol. The molecule has 1 heterocycles. The van der Waals surface area contributed by atoms with Crippen LogP contribution in [-0.4, -0.2) is 42.8 Å². The molecule has 38 heavy (non-hydrogen) atoms. The number of ether oxygens (including phenoxy) is 2. The number of benzene rings is 2. The van der Waals surface area contributed by atoms with Gasteiger partial charge in [-0.05, 0) is 49.7 Å². The van der Waals surface area contributed by atoms with E-state index in [-0.39, 0.29) is 47.9 Å². The van der Waals surface area contributed by atoms with Crippen molar-refractivity contribution in [3.05, 3.63) is 76.5 Å². The predicted molar refractivity (Wildman–Crippen MR) is 128 cm³/mol. The van der Waals surface area contributed by atoms with E-state index < -0.39 is 35.9 Å². The second-order valence-electron chi connectivity index (χ2n) is 7.82. The third-order valence-corrected chi connectivity index (χ3v) is 5.67. The van der Waals surface area contributed by atoms with Gasteiger partial charge in [0.25, 0.3) is 0 Å².